The number of aliphatic carboxylic acids is 1. The molecular formula is C5H8N2O4. The van der Waals surface area contributed by atoms with Gasteiger partial charge in [-0.15, -0.1) is 0 Å². The third kappa shape index (κ3) is 1.66. The van der Waals surface area contributed by atoms with Gasteiger partial charge in [-0.25, -0.2) is 5.48 Å². The zero-order valence-corrected chi connectivity index (χ0v) is 5.61. The first-order valence-electron chi connectivity index (χ1n) is 3.04. The van der Waals surface area contributed by atoms with Crippen molar-refractivity contribution in [2.24, 2.45) is 5.73 Å². The Labute approximate surface area is 62.3 Å². The quantitative estimate of drug-likeness (QED) is 0.443. The zero-order valence-electron chi connectivity index (χ0n) is 5.61. The summed E-state index contributed by atoms with van der Waals surface area (Å²) < 4.78 is 0. The van der Waals surface area contributed by atoms with Crippen molar-refractivity contribution in [1.82, 2.24) is 5.48 Å². The first-order valence-corrected chi connectivity index (χ1v) is 3.04. The number of carboxylic acid groups (broad SMARTS) is 1. The van der Waals surface area contributed by atoms with Gasteiger partial charge in [-0.3, -0.25) is 14.4 Å². The molecule has 0 spiro atoms. The largest absolute Gasteiger partial charge is 0.481 e. The topological polar surface area (TPSA) is 102 Å². The molecule has 1 saturated heterocycles. The van der Waals surface area contributed by atoms with Crippen LogP contribution in [0.2, 0.25) is 0 Å². The second kappa shape index (κ2) is 2.85. The lowest BCUT2D eigenvalue weighted by Crippen LogP contribution is -2.37. The van der Waals surface area contributed by atoms with Crippen LogP contribution in [0.25, 0.3) is 0 Å². The lowest BCUT2D eigenvalue weighted by atomic mass is 10.1. The molecule has 0 aromatic heterocycles. The van der Waals surface area contributed by atoms with Crippen LogP contribution in [0.3, 0.4) is 0 Å². The van der Waals surface area contributed by atoms with E-state index in [2.05, 4.69) is 4.84 Å². The fourth-order valence-corrected chi connectivity index (χ4v) is 0.785. The van der Waals surface area contributed by atoms with Crippen LogP contribution in [-0.4, -0.2) is 29.1 Å². The number of carbonyl (C=O) groups excluding carboxylic acids is 1. The molecule has 0 radical (unpaired) electrons. The first kappa shape index (κ1) is 7.96. The Morgan fingerprint density at radius 2 is 2.45 bits per heavy atom. The van der Waals surface area contributed by atoms with Crippen LogP contribution in [0.1, 0.15) is 6.42 Å². The normalized spacial score (nSPS) is 30.1. The summed E-state index contributed by atoms with van der Waals surface area (Å²) in [7, 11) is 0. The molecule has 6 heteroatoms. The number of hydroxylamine groups is 1. The molecule has 1 aliphatic heterocycles. The molecule has 1 heterocycles. The third-order valence-electron chi connectivity index (χ3n) is 1.39. The molecule has 2 atom stereocenters. The maximum atomic E-state index is 10.6. The van der Waals surface area contributed by atoms with Gasteiger partial charge in [0.05, 0.1) is 6.42 Å². The van der Waals surface area contributed by atoms with Crippen LogP contribution in [0.4, 0.5) is 0 Å². The van der Waals surface area contributed by atoms with E-state index in [1.807, 2.05) is 5.48 Å². The maximum absolute atomic E-state index is 10.6. The average molecular weight is 160 g/mol. The van der Waals surface area contributed by atoms with E-state index in [1.54, 1.807) is 0 Å². The molecule has 4 N–H and O–H groups in total. The fraction of sp³-hybridized carbons (Fsp3) is 0.600. The molecule has 0 bridgehead atoms. The van der Waals surface area contributed by atoms with Crippen molar-refractivity contribution in [2.45, 2.75) is 18.6 Å². The zero-order chi connectivity index (χ0) is 8.43. The van der Waals surface area contributed by atoms with E-state index >= 15 is 0 Å². The highest BCUT2D eigenvalue weighted by Gasteiger charge is 2.34. The van der Waals surface area contributed by atoms with Gasteiger partial charge in [0.2, 0.25) is 0 Å². The average Bonchev–Trinajstić information content (AvgIpc) is 2.18. The number of nitrogens with one attached hydrogen (secondary N) is 1. The highest BCUT2D eigenvalue weighted by atomic mass is 16.7. The molecule has 11 heavy (non-hydrogen) atoms. The minimum Gasteiger partial charge on any atom is -0.481 e. The number of carbonyl (C=O) groups is 2. The van der Waals surface area contributed by atoms with E-state index in [4.69, 9.17) is 10.8 Å². The number of nitrogens with two attached hydrogens (primary N) is 1. The summed E-state index contributed by atoms with van der Waals surface area (Å²) in [4.78, 5) is 25.3. The third-order valence-corrected chi connectivity index (χ3v) is 1.39. The highest BCUT2D eigenvalue weighted by molar-refractivity contribution is 5.83. The Balaban J connectivity index is 2.48. The Bertz CT molecular complexity index is 193. The Hall–Kier alpha value is -1.14. The summed E-state index contributed by atoms with van der Waals surface area (Å²) in [5.74, 6) is -1.52. The summed E-state index contributed by atoms with van der Waals surface area (Å²) in [6, 6.07) is -0.869. The number of rotatable bonds is 2. The van der Waals surface area contributed by atoms with Crippen molar-refractivity contribution in [2.75, 3.05) is 0 Å². The summed E-state index contributed by atoms with van der Waals surface area (Å²) in [5, 5.41) is 8.30. The summed E-state index contributed by atoms with van der Waals surface area (Å²) in [5.41, 5.74) is 7.27. The van der Waals surface area contributed by atoms with Gasteiger partial charge in [0.15, 0.2) is 0 Å². The minimum atomic E-state index is -1.04. The first-order chi connectivity index (χ1) is 5.11. The predicted octanol–water partition coefficient (Wildman–Crippen LogP) is -1.78. The van der Waals surface area contributed by atoms with E-state index in [0.29, 0.717) is 0 Å². The Kier molecular flexibility index (Phi) is 2.06. The number of amides is 1. The maximum Gasteiger partial charge on any atom is 0.306 e. The molecule has 0 aromatic rings. The Morgan fingerprint density at radius 3 is 2.82 bits per heavy atom. The SMILES string of the molecule is N[C@@H]1C(=O)NO[C@@H]1CC(=O)O. The van der Waals surface area contributed by atoms with Gasteiger partial charge in [-0.2, -0.15) is 0 Å². The van der Waals surface area contributed by atoms with E-state index < -0.39 is 24.0 Å². The van der Waals surface area contributed by atoms with Crippen molar-refractivity contribution in [3.8, 4) is 0 Å². The number of carboxylic acids is 1. The smallest absolute Gasteiger partial charge is 0.306 e. The minimum absolute atomic E-state index is 0.264. The molecule has 0 aliphatic carbocycles. The second-order valence-electron chi connectivity index (χ2n) is 2.25. The Morgan fingerprint density at radius 1 is 1.82 bits per heavy atom. The molecular weight excluding hydrogens is 152 g/mol. The van der Waals surface area contributed by atoms with E-state index in [0.717, 1.165) is 0 Å². The van der Waals surface area contributed by atoms with Gasteiger partial charge >= 0.3 is 5.97 Å². The van der Waals surface area contributed by atoms with Gasteiger partial charge in [-0.1, -0.05) is 0 Å². The van der Waals surface area contributed by atoms with Gasteiger partial charge in [0.25, 0.3) is 5.91 Å². The molecule has 62 valence electrons. The fourth-order valence-electron chi connectivity index (χ4n) is 0.785. The molecule has 0 aromatic carbocycles. The van der Waals surface area contributed by atoms with E-state index in [-0.39, 0.29) is 6.42 Å². The summed E-state index contributed by atoms with van der Waals surface area (Å²) in [6.45, 7) is 0. The van der Waals surface area contributed by atoms with Crippen molar-refractivity contribution in [1.29, 1.82) is 0 Å². The molecule has 1 fully saturated rings. The molecule has 1 rings (SSSR count). The molecule has 1 amide bonds. The van der Waals surface area contributed by atoms with Crippen molar-refractivity contribution >= 4 is 11.9 Å². The summed E-state index contributed by atoms with van der Waals surface area (Å²) in [6.07, 6.45) is -1.01. The van der Waals surface area contributed by atoms with Gasteiger partial charge in [0, 0.05) is 0 Å². The lowest BCUT2D eigenvalue weighted by molar-refractivity contribution is -0.140. The standard InChI is InChI=1S/C5H8N2O4/c6-4-2(1-3(8)9)11-7-5(4)10/h2,4H,1,6H2,(H,7,10)(H,8,9)/t2-,4+/m1/s1. The van der Waals surface area contributed by atoms with E-state index in [1.165, 1.54) is 0 Å². The van der Waals surface area contributed by atoms with Crippen molar-refractivity contribution in [3.63, 3.8) is 0 Å². The molecule has 0 unspecified atom stereocenters. The van der Waals surface area contributed by atoms with Crippen LogP contribution in [0.5, 0.6) is 0 Å². The summed E-state index contributed by atoms with van der Waals surface area (Å²) >= 11 is 0. The highest BCUT2D eigenvalue weighted by Crippen LogP contribution is 2.07. The van der Waals surface area contributed by atoms with Crippen LogP contribution >= 0.6 is 0 Å². The van der Waals surface area contributed by atoms with Crippen molar-refractivity contribution in [3.05, 3.63) is 0 Å². The lowest BCUT2D eigenvalue weighted by Gasteiger charge is -2.06. The van der Waals surface area contributed by atoms with Crippen LogP contribution in [0.15, 0.2) is 0 Å². The van der Waals surface area contributed by atoms with Gasteiger partial charge < -0.3 is 10.8 Å². The number of hydrogen-bond acceptors (Lipinski definition) is 4. The molecule has 1 aliphatic rings. The van der Waals surface area contributed by atoms with Crippen LogP contribution in [-0.2, 0) is 14.4 Å². The monoisotopic (exact) mass is 160 g/mol. The van der Waals surface area contributed by atoms with E-state index in [9.17, 15) is 9.59 Å². The number of hydrogen-bond donors (Lipinski definition) is 3. The molecule has 6 nitrogen and oxygen atoms in total. The molecule has 0 saturated carbocycles. The van der Waals surface area contributed by atoms with Crippen LogP contribution in [0, 0.1) is 0 Å². The predicted molar refractivity (Wildman–Crippen MR) is 33.2 cm³/mol. The van der Waals surface area contributed by atoms with Gasteiger partial charge in [0.1, 0.15) is 12.1 Å². The van der Waals surface area contributed by atoms with Crippen LogP contribution < -0.4 is 11.2 Å². The second-order valence-corrected chi connectivity index (χ2v) is 2.25. The van der Waals surface area contributed by atoms with Crippen molar-refractivity contribution < 1.29 is 19.5 Å². The van der Waals surface area contributed by atoms with Gasteiger partial charge in [-0.05, 0) is 0 Å².